The number of nitrogens with zero attached hydrogens (tertiary/aromatic N) is 2. The zero-order chi connectivity index (χ0) is 14.2. The molecule has 0 bridgehead atoms. The molecule has 0 saturated carbocycles. The molecule has 0 unspecified atom stereocenters. The summed E-state index contributed by atoms with van der Waals surface area (Å²) in [5.41, 5.74) is 0.778. The molecule has 0 atom stereocenters. The Bertz CT molecular complexity index is 599. The molecule has 0 spiro atoms. The van der Waals surface area contributed by atoms with E-state index < -0.39 is 11.6 Å². The van der Waals surface area contributed by atoms with Gasteiger partial charge in [-0.05, 0) is 6.42 Å². The van der Waals surface area contributed by atoms with Crippen LogP contribution in [0.2, 0.25) is 0 Å². The van der Waals surface area contributed by atoms with Crippen LogP contribution in [0.3, 0.4) is 0 Å². The van der Waals surface area contributed by atoms with Crippen molar-refractivity contribution in [2.75, 3.05) is 6.61 Å². The molecule has 19 heavy (non-hydrogen) atoms. The minimum atomic E-state index is -0.889. The van der Waals surface area contributed by atoms with E-state index in [1.165, 1.54) is 6.07 Å². The summed E-state index contributed by atoms with van der Waals surface area (Å²) in [4.78, 5) is 4.41. The monoisotopic (exact) mass is 268 g/mol. The highest BCUT2D eigenvalue weighted by Gasteiger charge is 2.23. The van der Waals surface area contributed by atoms with Gasteiger partial charge in [-0.15, -0.1) is 0 Å². The number of hydrogen-bond donors (Lipinski definition) is 1. The van der Waals surface area contributed by atoms with Gasteiger partial charge in [0.05, 0.1) is 11.0 Å². The van der Waals surface area contributed by atoms with E-state index in [-0.39, 0.29) is 12.0 Å². The molecule has 0 aliphatic rings. The van der Waals surface area contributed by atoms with E-state index in [4.69, 9.17) is 5.11 Å². The van der Waals surface area contributed by atoms with Crippen LogP contribution in [-0.4, -0.2) is 21.3 Å². The Labute approximate surface area is 110 Å². The minimum Gasteiger partial charge on any atom is -0.396 e. The van der Waals surface area contributed by atoms with Crippen LogP contribution in [0.5, 0.6) is 0 Å². The topological polar surface area (TPSA) is 38.0 Å². The average Bonchev–Trinajstić information content (AvgIpc) is 2.65. The fourth-order valence-electron chi connectivity index (χ4n) is 2.15. The third-order valence-electron chi connectivity index (χ3n) is 3.00. The Hall–Kier alpha value is -1.49. The number of aryl methyl sites for hydroxylation is 1. The number of aliphatic hydroxyl groups is 1. The van der Waals surface area contributed by atoms with Crippen molar-refractivity contribution in [1.82, 2.24) is 9.55 Å². The standard InChI is InChI=1S/C14H18F2N2O/c1-14(2,3)13-17-11-7-9(15)10(16)8-12(11)18(13)5-4-6-19/h7-8,19H,4-6H2,1-3H3. The molecule has 5 heteroatoms. The van der Waals surface area contributed by atoms with E-state index in [2.05, 4.69) is 4.98 Å². The molecule has 3 nitrogen and oxygen atoms in total. The number of imidazole rings is 1. The Morgan fingerprint density at radius 3 is 2.42 bits per heavy atom. The first-order valence-electron chi connectivity index (χ1n) is 6.31. The molecule has 0 radical (unpaired) electrons. The minimum absolute atomic E-state index is 0.0485. The zero-order valence-corrected chi connectivity index (χ0v) is 11.4. The zero-order valence-electron chi connectivity index (χ0n) is 11.4. The Balaban J connectivity index is 2.67. The highest BCUT2D eigenvalue weighted by atomic mass is 19.2. The van der Waals surface area contributed by atoms with Crippen molar-refractivity contribution in [3.8, 4) is 0 Å². The van der Waals surface area contributed by atoms with Gasteiger partial charge in [-0.1, -0.05) is 20.8 Å². The Morgan fingerprint density at radius 2 is 1.84 bits per heavy atom. The van der Waals surface area contributed by atoms with Gasteiger partial charge in [0.2, 0.25) is 0 Å². The lowest BCUT2D eigenvalue weighted by Gasteiger charge is -2.20. The van der Waals surface area contributed by atoms with E-state index in [0.29, 0.717) is 24.0 Å². The largest absolute Gasteiger partial charge is 0.396 e. The van der Waals surface area contributed by atoms with E-state index in [1.807, 2.05) is 25.3 Å². The van der Waals surface area contributed by atoms with E-state index in [1.54, 1.807) is 0 Å². The molecule has 2 aromatic rings. The lowest BCUT2D eigenvalue weighted by Crippen LogP contribution is -2.19. The van der Waals surface area contributed by atoms with Gasteiger partial charge in [0, 0.05) is 30.7 Å². The van der Waals surface area contributed by atoms with Gasteiger partial charge >= 0.3 is 0 Å². The SMILES string of the molecule is CC(C)(C)c1nc2cc(F)c(F)cc2n1CCCO. The molecule has 0 saturated heterocycles. The lowest BCUT2D eigenvalue weighted by molar-refractivity contribution is 0.278. The highest BCUT2D eigenvalue weighted by Crippen LogP contribution is 2.27. The van der Waals surface area contributed by atoms with E-state index in [0.717, 1.165) is 11.9 Å². The van der Waals surface area contributed by atoms with Crippen LogP contribution >= 0.6 is 0 Å². The van der Waals surface area contributed by atoms with E-state index >= 15 is 0 Å². The maximum absolute atomic E-state index is 13.4. The molecule has 0 aliphatic carbocycles. The second-order valence-corrected chi connectivity index (χ2v) is 5.67. The van der Waals surface area contributed by atoms with Gasteiger partial charge in [0.1, 0.15) is 5.82 Å². The van der Waals surface area contributed by atoms with Crippen molar-refractivity contribution in [3.63, 3.8) is 0 Å². The third kappa shape index (κ3) is 2.61. The van der Waals surface area contributed by atoms with Gasteiger partial charge in [-0.2, -0.15) is 0 Å². The summed E-state index contributed by atoms with van der Waals surface area (Å²) in [6.07, 6.45) is 0.549. The molecule has 1 aromatic heterocycles. The van der Waals surface area contributed by atoms with Crippen LogP contribution in [0.4, 0.5) is 8.78 Å². The Morgan fingerprint density at radius 1 is 1.21 bits per heavy atom. The second-order valence-electron chi connectivity index (χ2n) is 5.67. The summed E-state index contributed by atoms with van der Waals surface area (Å²) in [6.45, 7) is 6.57. The van der Waals surface area contributed by atoms with Crippen molar-refractivity contribution < 1.29 is 13.9 Å². The number of aromatic nitrogens is 2. The molecular formula is C14H18F2N2O. The van der Waals surface area contributed by atoms with Crippen LogP contribution in [0, 0.1) is 11.6 Å². The first-order chi connectivity index (χ1) is 8.84. The van der Waals surface area contributed by atoms with Gasteiger partial charge in [-0.25, -0.2) is 13.8 Å². The number of hydrogen-bond acceptors (Lipinski definition) is 2. The molecule has 104 valence electrons. The first kappa shape index (κ1) is 13.9. The normalized spacial score (nSPS) is 12.3. The summed E-state index contributed by atoms with van der Waals surface area (Å²) in [5, 5.41) is 8.96. The van der Waals surface area contributed by atoms with Gasteiger partial charge in [-0.3, -0.25) is 0 Å². The maximum Gasteiger partial charge on any atom is 0.161 e. The summed E-state index contributed by atoms with van der Waals surface area (Å²) < 4.78 is 28.5. The highest BCUT2D eigenvalue weighted by molar-refractivity contribution is 5.76. The fourth-order valence-corrected chi connectivity index (χ4v) is 2.15. The van der Waals surface area contributed by atoms with Gasteiger partial charge < -0.3 is 9.67 Å². The molecular weight excluding hydrogens is 250 g/mol. The average molecular weight is 268 g/mol. The number of benzene rings is 1. The summed E-state index contributed by atoms with van der Waals surface area (Å²) >= 11 is 0. The maximum atomic E-state index is 13.4. The number of halogens is 2. The van der Waals surface area contributed by atoms with Crippen LogP contribution in [0.15, 0.2) is 12.1 Å². The predicted molar refractivity (Wildman–Crippen MR) is 70.1 cm³/mol. The summed E-state index contributed by atoms with van der Waals surface area (Å²) in [7, 11) is 0. The predicted octanol–water partition coefficient (Wildman–Crippen LogP) is 2.99. The molecule has 2 rings (SSSR count). The lowest BCUT2D eigenvalue weighted by atomic mass is 9.95. The number of aliphatic hydroxyl groups excluding tert-OH is 1. The quantitative estimate of drug-likeness (QED) is 0.929. The molecule has 1 N–H and O–H groups in total. The van der Waals surface area contributed by atoms with Gasteiger partial charge in [0.15, 0.2) is 11.6 Å². The second kappa shape index (κ2) is 4.89. The van der Waals surface area contributed by atoms with Crippen molar-refractivity contribution in [2.45, 2.75) is 39.2 Å². The van der Waals surface area contributed by atoms with Gasteiger partial charge in [0.25, 0.3) is 0 Å². The van der Waals surface area contributed by atoms with Crippen LogP contribution in [0.25, 0.3) is 11.0 Å². The van der Waals surface area contributed by atoms with E-state index in [9.17, 15) is 8.78 Å². The number of rotatable bonds is 3. The fraction of sp³-hybridized carbons (Fsp3) is 0.500. The smallest absolute Gasteiger partial charge is 0.161 e. The van der Waals surface area contributed by atoms with Crippen molar-refractivity contribution in [2.24, 2.45) is 0 Å². The molecule has 1 aromatic carbocycles. The summed E-state index contributed by atoms with van der Waals surface area (Å²) in [6, 6.07) is 2.29. The van der Waals surface area contributed by atoms with Crippen molar-refractivity contribution in [1.29, 1.82) is 0 Å². The van der Waals surface area contributed by atoms with Crippen molar-refractivity contribution >= 4 is 11.0 Å². The van der Waals surface area contributed by atoms with Crippen LogP contribution in [-0.2, 0) is 12.0 Å². The summed E-state index contributed by atoms with van der Waals surface area (Å²) in [5.74, 6) is -1.00. The first-order valence-corrected chi connectivity index (χ1v) is 6.31. The molecule has 0 aliphatic heterocycles. The van der Waals surface area contributed by atoms with Crippen LogP contribution < -0.4 is 0 Å². The third-order valence-corrected chi connectivity index (χ3v) is 3.00. The van der Waals surface area contributed by atoms with Crippen LogP contribution in [0.1, 0.15) is 33.0 Å². The molecule has 1 heterocycles. The number of fused-ring (bicyclic) bond motifs is 1. The molecule has 0 amide bonds. The Kier molecular flexibility index (Phi) is 3.58. The molecule has 0 fully saturated rings. The van der Waals surface area contributed by atoms with Crippen molar-refractivity contribution in [3.05, 3.63) is 29.6 Å².